The fourth-order valence-corrected chi connectivity index (χ4v) is 2.77. The molecule has 0 fully saturated rings. The van der Waals surface area contributed by atoms with Crippen LogP contribution in [0.4, 0.5) is 4.39 Å². The van der Waals surface area contributed by atoms with Crippen LogP contribution >= 0.6 is 38.9 Å². The quantitative estimate of drug-likeness (QED) is 0.742. The van der Waals surface area contributed by atoms with E-state index in [4.69, 9.17) is 11.6 Å². The fraction of sp³-hybridized carbons (Fsp3) is 0.0833. The van der Waals surface area contributed by atoms with Crippen molar-refractivity contribution in [3.8, 4) is 0 Å². The van der Waals surface area contributed by atoms with Gasteiger partial charge in [-0.1, -0.05) is 27.5 Å². The molecular formula is C12H7BrClFOS. The summed E-state index contributed by atoms with van der Waals surface area (Å²) in [4.78, 5) is 12.5. The van der Waals surface area contributed by atoms with E-state index in [1.54, 1.807) is 18.2 Å². The number of carbonyl (C=O) groups excluding carboxylic acids is 1. The molecule has 0 saturated heterocycles. The Morgan fingerprint density at radius 3 is 2.76 bits per heavy atom. The second kappa shape index (κ2) is 5.29. The number of rotatable bonds is 3. The predicted octanol–water partition coefficient (Wildman–Crippen LogP) is 4.73. The minimum absolute atomic E-state index is 0.0619. The maximum atomic E-state index is 13.1. The topological polar surface area (TPSA) is 17.1 Å². The van der Waals surface area contributed by atoms with Crippen molar-refractivity contribution >= 4 is 44.7 Å². The van der Waals surface area contributed by atoms with E-state index in [9.17, 15) is 9.18 Å². The van der Waals surface area contributed by atoms with Gasteiger partial charge in [-0.05, 0) is 35.9 Å². The number of ketones is 1. The SMILES string of the molecule is O=C(Cc1cc(F)ccc1Br)c1ccc(Cl)s1. The molecule has 5 heteroatoms. The molecule has 1 aromatic carbocycles. The van der Waals surface area contributed by atoms with Gasteiger partial charge in [-0.3, -0.25) is 4.79 Å². The van der Waals surface area contributed by atoms with Gasteiger partial charge >= 0.3 is 0 Å². The van der Waals surface area contributed by atoms with E-state index in [-0.39, 0.29) is 18.0 Å². The van der Waals surface area contributed by atoms with Crippen LogP contribution in [0.3, 0.4) is 0 Å². The third kappa shape index (κ3) is 3.15. The molecule has 1 nitrogen and oxygen atoms in total. The number of thiophene rings is 1. The molecule has 0 aliphatic rings. The predicted molar refractivity (Wildman–Crippen MR) is 71.5 cm³/mol. The molecule has 0 saturated carbocycles. The van der Waals surface area contributed by atoms with E-state index in [1.807, 2.05) is 0 Å². The highest BCUT2D eigenvalue weighted by Gasteiger charge is 2.12. The van der Waals surface area contributed by atoms with Gasteiger partial charge in [-0.25, -0.2) is 4.39 Å². The molecule has 17 heavy (non-hydrogen) atoms. The monoisotopic (exact) mass is 332 g/mol. The molecule has 0 atom stereocenters. The van der Waals surface area contributed by atoms with Crippen LogP contribution in [0.2, 0.25) is 4.34 Å². The standard InChI is InChI=1S/C12H7BrClFOS/c13-9-2-1-8(15)5-7(9)6-10(16)11-3-4-12(14)17-11/h1-5H,6H2. The van der Waals surface area contributed by atoms with Crippen molar-refractivity contribution in [2.45, 2.75) is 6.42 Å². The second-order valence-electron chi connectivity index (χ2n) is 3.44. The minimum atomic E-state index is -0.347. The highest BCUT2D eigenvalue weighted by molar-refractivity contribution is 9.10. The number of hydrogen-bond acceptors (Lipinski definition) is 2. The number of carbonyl (C=O) groups is 1. The number of halogens is 3. The zero-order chi connectivity index (χ0) is 12.4. The molecular weight excluding hydrogens is 327 g/mol. The zero-order valence-electron chi connectivity index (χ0n) is 8.54. The Balaban J connectivity index is 2.21. The van der Waals surface area contributed by atoms with Crippen molar-refractivity contribution in [2.75, 3.05) is 0 Å². The largest absolute Gasteiger partial charge is 0.293 e. The maximum absolute atomic E-state index is 13.1. The van der Waals surface area contributed by atoms with Crippen molar-refractivity contribution in [3.63, 3.8) is 0 Å². The molecule has 2 rings (SSSR count). The summed E-state index contributed by atoms with van der Waals surface area (Å²) < 4.78 is 14.4. The van der Waals surface area contributed by atoms with Gasteiger partial charge < -0.3 is 0 Å². The second-order valence-corrected chi connectivity index (χ2v) is 6.01. The van der Waals surface area contributed by atoms with Gasteiger partial charge in [0.25, 0.3) is 0 Å². The van der Waals surface area contributed by atoms with Crippen molar-refractivity contribution in [2.24, 2.45) is 0 Å². The maximum Gasteiger partial charge on any atom is 0.177 e. The third-order valence-corrected chi connectivity index (χ3v) is 4.25. The average Bonchev–Trinajstić information content (AvgIpc) is 2.70. The van der Waals surface area contributed by atoms with Crippen molar-refractivity contribution in [3.05, 3.63) is 55.4 Å². The van der Waals surface area contributed by atoms with E-state index >= 15 is 0 Å². The first-order chi connectivity index (χ1) is 8.06. The van der Waals surface area contributed by atoms with Gasteiger partial charge in [0.15, 0.2) is 5.78 Å². The van der Waals surface area contributed by atoms with Crippen LogP contribution in [0, 0.1) is 5.82 Å². The van der Waals surface area contributed by atoms with Gasteiger partial charge in [-0.15, -0.1) is 11.3 Å². The molecule has 0 bridgehead atoms. The normalized spacial score (nSPS) is 10.5. The Kier molecular flexibility index (Phi) is 3.97. The lowest BCUT2D eigenvalue weighted by Gasteiger charge is -2.02. The first kappa shape index (κ1) is 12.7. The fourth-order valence-electron chi connectivity index (χ4n) is 1.40. The summed E-state index contributed by atoms with van der Waals surface area (Å²) in [6.45, 7) is 0. The molecule has 1 heterocycles. The van der Waals surface area contributed by atoms with Crippen LogP contribution < -0.4 is 0 Å². The Hall–Kier alpha value is -0.710. The number of Topliss-reactive ketones (excluding diaryl/α,β-unsaturated/α-hetero) is 1. The average molecular weight is 334 g/mol. The Morgan fingerprint density at radius 1 is 1.35 bits per heavy atom. The van der Waals surface area contributed by atoms with Gasteiger partial charge in [0.2, 0.25) is 0 Å². The lowest BCUT2D eigenvalue weighted by atomic mass is 10.1. The molecule has 2 aromatic rings. The van der Waals surface area contributed by atoms with Crippen molar-refractivity contribution in [1.82, 2.24) is 0 Å². The van der Waals surface area contributed by atoms with Crippen LogP contribution in [0.1, 0.15) is 15.2 Å². The first-order valence-electron chi connectivity index (χ1n) is 4.79. The van der Waals surface area contributed by atoms with Crippen LogP contribution in [0.5, 0.6) is 0 Å². The van der Waals surface area contributed by atoms with Crippen LogP contribution in [0.25, 0.3) is 0 Å². The summed E-state index contributed by atoms with van der Waals surface area (Å²) in [5, 5.41) is 0. The summed E-state index contributed by atoms with van der Waals surface area (Å²) in [6, 6.07) is 7.67. The summed E-state index contributed by atoms with van der Waals surface area (Å²) in [5.41, 5.74) is 0.638. The van der Waals surface area contributed by atoms with Gasteiger partial charge in [0, 0.05) is 10.9 Å². The molecule has 1 aromatic heterocycles. The van der Waals surface area contributed by atoms with Crippen molar-refractivity contribution < 1.29 is 9.18 Å². The van der Waals surface area contributed by atoms with Crippen LogP contribution in [-0.2, 0) is 6.42 Å². The molecule has 0 aliphatic heterocycles. The molecule has 0 aliphatic carbocycles. The van der Waals surface area contributed by atoms with E-state index in [1.165, 1.54) is 23.5 Å². The number of benzene rings is 1. The third-order valence-electron chi connectivity index (χ3n) is 2.21. The molecule has 0 N–H and O–H groups in total. The Bertz CT molecular complexity index is 567. The van der Waals surface area contributed by atoms with Crippen molar-refractivity contribution in [1.29, 1.82) is 0 Å². The summed E-state index contributed by atoms with van der Waals surface area (Å²) in [7, 11) is 0. The highest BCUT2D eigenvalue weighted by Crippen LogP contribution is 2.25. The Morgan fingerprint density at radius 2 is 2.12 bits per heavy atom. The van der Waals surface area contributed by atoms with Gasteiger partial charge in [0.05, 0.1) is 9.21 Å². The lowest BCUT2D eigenvalue weighted by molar-refractivity contribution is 0.0996. The van der Waals surface area contributed by atoms with E-state index in [0.717, 1.165) is 4.47 Å². The minimum Gasteiger partial charge on any atom is -0.293 e. The van der Waals surface area contributed by atoms with Gasteiger partial charge in [-0.2, -0.15) is 0 Å². The molecule has 88 valence electrons. The molecule has 0 unspecified atom stereocenters. The summed E-state index contributed by atoms with van der Waals surface area (Å²) in [6.07, 6.45) is 0.162. The zero-order valence-corrected chi connectivity index (χ0v) is 11.7. The lowest BCUT2D eigenvalue weighted by Crippen LogP contribution is -2.02. The summed E-state index contributed by atoms with van der Waals surface area (Å²) in [5.74, 6) is -0.409. The highest BCUT2D eigenvalue weighted by atomic mass is 79.9. The molecule has 0 spiro atoms. The molecule has 0 radical (unpaired) electrons. The molecule has 0 amide bonds. The van der Waals surface area contributed by atoms with E-state index in [0.29, 0.717) is 14.8 Å². The first-order valence-corrected chi connectivity index (χ1v) is 6.77. The van der Waals surface area contributed by atoms with Gasteiger partial charge in [0.1, 0.15) is 5.82 Å². The summed E-state index contributed by atoms with van der Waals surface area (Å²) >= 11 is 10.3. The van der Waals surface area contributed by atoms with E-state index < -0.39 is 0 Å². The van der Waals surface area contributed by atoms with Crippen LogP contribution in [-0.4, -0.2) is 5.78 Å². The smallest absolute Gasteiger partial charge is 0.177 e. The number of hydrogen-bond donors (Lipinski definition) is 0. The Labute approximate surface area is 115 Å². The van der Waals surface area contributed by atoms with Crippen LogP contribution in [0.15, 0.2) is 34.8 Å². The van der Waals surface area contributed by atoms with E-state index in [2.05, 4.69) is 15.9 Å².